The van der Waals surface area contributed by atoms with Gasteiger partial charge in [0.2, 0.25) is 0 Å². The van der Waals surface area contributed by atoms with Crippen LogP contribution in [0.2, 0.25) is 0 Å². The molecule has 4 aromatic heterocycles. The molecule has 0 saturated heterocycles. The summed E-state index contributed by atoms with van der Waals surface area (Å²) in [6, 6.07) is 70.9. The Labute approximate surface area is 336 Å². The Morgan fingerprint density at radius 1 is 0.345 bits per heavy atom. The van der Waals surface area contributed by atoms with E-state index in [9.17, 15) is 0 Å². The molecule has 0 unspecified atom stereocenters. The number of furan rings is 1. The average Bonchev–Trinajstić information content (AvgIpc) is 4.03. The normalized spacial score (nSPS) is 12.1. The molecule has 4 heterocycles. The maximum atomic E-state index is 6.28. The Kier molecular flexibility index (Phi) is 6.60. The molecule has 270 valence electrons. The van der Waals surface area contributed by atoms with Crippen molar-refractivity contribution in [2.24, 2.45) is 0 Å². The minimum Gasteiger partial charge on any atom is -0.456 e. The number of thiophene rings is 1. The number of fused-ring (bicyclic) bond motifs is 12. The monoisotopic (exact) mass is 756 g/mol. The summed E-state index contributed by atoms with van der Waals surface area (Å²) in [6.07, 6.45) is 0. The van der Waals surface area contributed by atoms with Crippen LogP contribution in [0.5, 0.6) is 0 Å². The maximum absolute atomic E-state index is 6.28. The van der Waals surface area contributed by atoms with Crippen molar-refractivity contribution in [2.75, 3.05) is 0 Å². The lowest BCUT2D eigenvalue weighted by Crippen LogP contribution is -1.96. The number of nitrogens with zero attached hydrogens (tertiary/aromatic N) is 2. The van der Waals surface area contributed by atoms with E-state index in [1.54, 1.807) is 0 Å². The topological polar surface area (TPSA) is 23.0 Å². The zero-order valence-corrected chi connectivity index (χ0v) is 32.0. The number of aromatic nitrogens is 2. The van der Waals surface area contributed by atoms with E-state index in [1.165, 1.54) is 86.0 Å². The van der Waals surface area contributed by atoms with Gasteiger partial charge in [-0.2, -0.15) is 0 Å². The van der Waals surface area contributed by atoms with Gasteiger partial charge in [-0.05, 0) is 77.9 Å². The Morgan fingerprint density at radius 3 is 1.84 bits per heavy atom. The molecule has 4 heteroatoms. The SMILES string of the molecule is c1ccc(-n2c3ccccc3c3cccc(-c4ccc5c6ccccc6n(-c6cc(-c7ccc8oc9ccccc9c8c7)c7sc8ccccc8c7c6)c5c4)c32)cc1. The molecule has 9 aromatic carbocycles. The molecular formula is C54H32N2OS. The van der Waals surface area contributed by atoms with Crippen molar-refractivity contribution in [3.8, 4) is 33.6 Å². The fourth-order valence-electron chi connectivity index (χ4n) is 9.56. The molecule has 0 fully saturated rings. The fraction of sp³-hybridized carbons (Fsp3) is 0. The highest BCUT2D eigenvalue weighted by molar-refractivity contribution is 7.26. The molecular weight excluding hydrogens is 725 g/mol. The van der Waals surface area contributed by atoms with Crippen molar-refractivity contribution in [1.82, 2.24) is 9.13 Å². The van der Waals surface area contributed by atoms with Gasteiger partial charge in [0.1, 0.15) is 11.2 Å². The van der Waals surface area contributed by atoms with Gasteiger partial charge in [0.25, 0.3) is 0 Å². The number of hydrogen-bond donors (Lipinski definition) is 0. The van der Waals surface area contributed by atoms with Gasteiger partial charge in [0.05, 0.1) is 22.1 Å². The van der Waals surface area contributed by atoms with E-state index in [0.29, 0.717) is 0 Å². The fourth-order valence-corrected chi connectivity index (χ4v) is 10.8. The van der Waals surface area contributed by atoms with Gasteiger partial charge >= 0.3 is 0 Å². The quantitative estimate of drug-likeness (QED) is 0.175. The van der Waals surface area contributed by atoms with Gasteiger partial charge in [0, 0.05) is 75.0 Å². The summed E-state index contributed by atoms with van der Waals surface area (Å²) in [5.74, 6) is 0. The predicted molar refractivity (Wildman–Crippen MR) is 246 cm³/mol. The summed E-state index contributed by atoms with van der Waals surface area (Å²) in [5, 5.41) is 9.80. The van der Waals surface area contributed by atoms with Crippen molar-refractivity contribution in [3.63, 3.8) is 0 Å². The van der Waals surface area contributed by atoms with Crippen molar-refractivity contribution >= 4 is 97.1 Å². The second-order valence-corrected chi connectivity index (χ2v) is 16.3. The van der Waals surface area contributed by atoms with Crippen LogP contribution in [0, 0.1) is 0 Å². The molecule has 0 N–H and O–H groups in total. The summed E-state index contributed by atoms with van der Waals surface area (Å²) in [7, 11) is 0. The molecule has 13 aromatic rings. The van der Waals surface area contributed by atoms with E-state index in [1.807, 2.05) is 17.4 Å². The lowest BCUT2D eigenvalue weighted by atomic mass is 9.99. The predicted octanol–water partition coefficient (Wildman–Crippen LogP) is 15.5. The summed E-state index contributed by atoms with van der Waals surface area (Å²) < 4.78 is 13.8. The molecule has 3 nitrogen and oxygen atoms in total. The second kappa shape index (κ2) is 12.1. The lowest BCUT2D eigenvalue weighted by Gasteiger charge is -2.14. The molecule has 0 amide bonds. The van der Waals surface area contributed by atoms with Gasteiger partial charge in [-0.15, -0.1) is 11.3 Å². The van der Waals surface area contributed by atoms with E-state index in [2.05, 4.69) is 197 Å². The molecule has 0 atom stereocenters. The standard InChI is InChI=1S/C54H32N2OS/c1-2-13-35(14-3-1)56-48-22-9-5-16-39(48)43-20-12-19-37(53(43)56)34-25-27-40-38-15-4-8-21-47(38)55(49(40)30-34)36-31-44(54-46(32-36)42-18-7-11-24-52(42)58-54)33-26-28-51-45(29-33)41-17-6-10-23-50(41)57-51/h1-32H. The van der Waals surface area contributed by atoms with Gasteiger partial charge in [-0.25, -0.2) is 0 Å². The van der Waals surface area contributed by atoms with Gasteiger partial charge in [-0.3, -0.25) is 0 Å². The van der Waals surface area contributed by atoms with Crippen LogP contribution in [0.25, 0.3) is 119 Å². The molecule has 0 saturated carbocycles. The van der Waals surface area contributed by atoms with E-state index in [0.717, 1.165) is 33.3 Å². The third kappa shape index (κ3) is 4.49. The van der Waals surface area contributed by atoms with Crippen molar-refractivity contribution in [1.29, 1.82) is 0 Å². The first kappa shape index (κ1) is 31.8. The third-order valence-corrected chi connectivity index (χ3v) is 13.3. The highest BCUT2D eigenvalue weighted by atomic mass is 32.1. The van der Waals surface area contributed by atoms with Crippen LogP contribution in [0.1, 0.15) is 0 Å². The number of hydrogen-bond acceptors (Lipinski definition) is 2. The highest BCUT2D eigenvalue weighted by Gasteiger charge is 2.21. The molecule has 0 aliphatic carbocycles. The first-order chi connectivity index (χ1) is 28.8. The van der Waals surface area contributed by atoms with Crippen LogP contribution >= 0.6 is 11.3 Å². The largest absolute Gasteiger partial charge is 0.456 e. The Hall–Kier alpha value is -7.40. The molecule has 0 aliphatic heterocycles. The minimum absolute atomic E-state index is 0.907. The molecule has 0 aliphatic rings. The van der Waals surface area contributed by atoms with Crippen LogP contribution < -0.4 is 0 Å². The molecule has 0 radical (unpaired) electrons. The molecule has 58 heavy (non-hydrogen) atoms. The first-order valence-corrected chi connectivity index (χ1v) is 20.6. The third-order valence-electron chi connectivity index (χ3n) is 12.1. The molecule has 0 spiro atoms. The Bertz CT molecular complexity index is 3800. The van der Waals surface area contributed by atoms with Crippen molar-refractivity contribution < 1.29 is 4.42 Å². The summed E-state index contributed by atoms with van der Waals surface area (Å²) in [6.45, 7) is 0. The van der Waals surface area contributed by atoms with Crippen molar-refractivity contribution in [3.05, 3.63) is 194 Å². The van der Waals surface area contributed by atoms with Crippen LogP contribution in [0.15, 0.2) is 199 Å². The Balaban J connectivity index is 1.10. The van der Waals surface area contributed by atoms with Crippen molar-refractivity contribution in [2.45, 2.75) is 0 Å². The highest BCUT2D eigenvalue weighted by Crippen LogP contribution is 2.45. The smallest absolute Gasteiger partial charge is 0.135 e. The van der Waals surface area contributed by atoms with Crippen LogP contribution in [-0.2, 0) is 0 Å². The molecule has 0 bridgehead atoms. The van der Waals surface area contributed by atoms with E-state index < -0.39 is 0 Å². The second-order valence-electron chi connectivity index (χ2n) is 15.3. The Morgan fingerprint density at radius 2 is 0.983 bits per heavy atom. The zero-order valence-electron chi connectivity index (χ0n) is 31.2. The van der Waals surface area contributed by atoms with Gasteiger partial charge in [-0.1, -0.05) is 127 Å². The zero-order chi connectivity index (χ0) is 37.9. The number of rotatable bonds is 4. The maximum Gasteiger partial charge on any atom is 0.135 e. The summed E-state index contributed by atoms with van der Waals surface area (Å²) in [5.41, 5.74) is 13.7. The van der Waals surface area contributed by atoms with Crippen LogP contribution in [0.4, 0.5) is 0 Å². The van der Waals surface area contributed by atoms with E-state index in [-0.39, 0.29) is 0 Å². The van der Waals surface area contributed by atoms with E-state index >= 15 is 0 Å². The summed E-state index contributed by atoms with van der Waals surface area (Å²) in [4.78, 5) is 0. The minimum atomic E-state index is 0.907. The first-order valence-electron chi connectivity index (χ1n) is 19.8. The number of para-hydroxylation sites is 5. The summed E-state index contributed by atoms with van der Waals surface area (Å²) >= 11 is 1.87. The van der Waals surface area contributed by atoms with E-state index in [4.69, 9.17) is 4.42 Å². The van der Waals surface area contributed by atoms with Crippen LogP contribution in [-0.4, -0.2) is 9.13 Å². The molecule has 13 rings (SSSR count). The van der Waals surface area contributed by atoms with Crippen LogP contribution in [0.3, 0.4) is 0 Å². The lowest BCUT2D eigenvalue weighted by molar-refractivity contribution is 0.669. The average molecular weight is 757 g/mol. The number of benzene rings is 9. The van der Waals surface area contributed by atoms with Gasteiger partial charge in [0.15, 0.2) is 0 Å². The van der Waals surface area contributed by atoms with Gasteiger partial charge < -0.3 is 13.6 Å².